The molecule has 0 heterocycles. The first kappa shape index (κ1) is 18.8. The van der Waals surface area contributed by atoms with Gasteiger partial charge in [-0.3, -0.25) is 4.79 Å². The van der Waals surface area contributed by atoms with Crippen molar-refractivity contribution in [1.82, 2.24) is 10.0 Å². The van der Waals surface area contributed by atoms with Gasteiger partial charge in [-0.1, -0.05) is 18.2 Å². The van der Waals surface area contributed by atoms with E-state index in [2.05, 4.69) is 10.0 Å². The maximum atomic E-state index is 12.4. The summed E-state index contributed by atoms with van der Waals surface area (Å²) in [6.45, 7) is 0.278. The number of sulfonamides is 1. The summed E-state index contributed by atoms with van der Waals surface area (Å²) in [6, 6.07) is 13.2. The van der Waals surface area contributed by atoms with Gasteiger partial charge in [-0.25, -0.2) is 13.1 Å². The Morgan fingerprint density at radius 3 is 2.48 bits per heavy atom. The molecule has 0 aromatic heterocycles. The molecule has 25 heavy (non-hydrogen) atoms. The van der Waals surface area contributed by atoms with Gasteiger partial charge in [0, 0.05) is 13.6 Å². The van der Waals surface area contributed by atoms with Crippen LogP contribution in [0.4, 0.5) is 0 Å². The molecule has 2 N–H and O–H groups in total. The number of carbonyl (C=O) groups excluding carboxylic acids is 1. The van der Waals surface area contributed by atoms with Crippen molar-refractivity contribution >= 4 is 15.9 Å². The third-order valence-electron chi connectivity index (χ3n) is 3.36. The number of benzene rings is 2. The van der Waals surface area contributed by atoms with E-state index in [9.17, 15) is 13.2 Å². The average molecular weight is 364 g/mol. The van der Waals surface area contributed by atoms with Gasteiger partial charge in [-0.15, -0.1) is 0 Å². The van der Waals surface area contributed by atoms with Gasteiger partial charge in [0.15, 0.2) is 0 Å². The lowest BCUT2D eigenvalue weighted by Crippen LogP contribution is -2.28. The number of nitrogens with one attached hydrogen (secondary N) is 2. The fraction of sp³-hybridized carbons (Fsp3) is 0.235. The number of methoxy groups -OCH3 is 1. The molecule has 2 aromatic rings. The van der Waals surface area contributed by atoms with Gasteiger partial charge >= 0.3 is 0 Å². The zero-order chi connectivity index (χ0) is 18.3. The summed E-state index contributed by atoms with van der Waals surface area (Å²) in [5.41, 5.74) is 0.147. The first-order valence-electron chi connectivity index (χ1n) is 7.55. The highest BCUT2D eigenvalue weighted by atomic mass is 32.2. The maximum Gasteiger partial charge on any atom is 0.254 e. The van der Waals surface area contributed by atoms with Crippen LogP contribution in [-0.4, -0.2) is 41.6 Å². The van der Waals surface area contributed by atoms with Crippen molar-refractivity contribution in [2.75, 3.05) is 27.3 Å². The number of rotatable bonds is 8. The molecule has 0 radical (unpaired) electrons. The number of amides is 1. The van der Waals surface area contributed by atoms with Crippen LogP contribution >= 0.6 is 0 Å². The standard InChI is InChI=1S/C17H20N2O5S/c1-18-17(20)15-12-14(8-9-16(15)23-2)25(21,22)19-10-11-24-13-6-4-3-5-7-13/h3-9,12,19H,10-11H2,1-2H3,(H,18,20). The van der Waals surface area contributed by atoms with Gasteiger partial charge in [-0.2, -0.15) is 0 Å². The van der Waals surface area contributed by atoms with Crippen LogP contribution in [0.2, 0.25) is 0 Å². The zero-order valence-electron chi connectivity index (χ0n) is 14.0. The van der Waals surface area contributed by atoms with E-state index in [1.165, 1.54) is 32.4 Å². The van der Waals surface area contributed by atoms with E-state index in [0.717, 1.165) is 0 Å². The van der Waals surface area contributed by atoms with E-state index < -0.39 is 15.9 Å². The van der Waals surface area contributed by atoms with Crippen LogP contribution in [-0.2, 0) is 10.0 Å². The molecule has 2 aromatic carbocycles. The number of carbonyl (C=O) groups is 1. The predicted octanol–water partition coefficient (Wildman–Crippen LogP) is 1.41. The van der Waals surface area contributed by atoms with E-state index in [0.29, 0.717) is 11.5 Å². The highest BCUT2D eigenvalue weighted by Gasteiger charge is 2.19. The minimum Gasteiger partial charge on any atom is -0.496 e. The predicted molar refractivity (Wildman–Crippen MR) is 93.5 cm³/mol. The SMILES string of the molecule is CNC(=O)c1cc(S(=O)(=O)NCCOc2ccccc2)ccc1OC. The van der Waals surface area contributed by atoms with Crippen LogP contribution in [0.1, 0.15) is 10.4 Å². The largest absolute Gasteiger partial charge is 0.496 e. The quantitative estimate of drug-likeness (QED) is 0.691. The van der Waals surface area contributed by atoms with Gasteiger partial charge in [0.25, 0.3) is 5.91 Å². The molecule has 0 atom stereocenters. The minimum atomic E-state index is -3.77. The van der Waals surface area contributed by atoms with Gasteiger partial charge in [0.2, 0.25) is 10.0 Å². The van der Waals surface area contributed by atoms with Gasteiger partial charge in [0.1, 0.15) is 18.1 Å². The second-order valence-corrected chi connectivity index (χ2v) is 6.77. The summed E-state index contributed by atoms with van der Waals surface area (Å²) in [5.74, 6) is 0.528. The van der Waals surface area contributed by atoms with Crippen LogP contribution in [0.5, 0.6) is 11.5 Å². The monoisotopic (exact) mass is 364 g/mol. The molecule has 0 spiro atoms. The van der Waals surface area contributed by atoms with Gasteiger partial charge < -0.3 is 14.8 Å². The normalized spacial score (nSPS) is 11.0. The Morgan fingerprint density at radius 1 is 1.12 bits per heavy atom. The molecule has 0 bridgehead atoms. The fourth-order valence-corrected chi connectivity index (χ4v) is 3.15. The molecule has 8 heteroatoms. The molecule has 0 unspecified atom stereocenters. The van der Waals surface area contributed by atoms with Crippen molar-refractivity contribution < 1.29 is 22.7 Å². The molecule has 0 aliphatic carbocycles. The number of para-hydroxylation sites is 1. The summed E-state index contributed by atoms with van der Waals surface area (Å²) in [4.78, 5) is 11.8. The number of ether oxygens (including phenoxy) is 2. The van der Waals surface area contributed by atoms with E-state index in [1.807, 2.05) is 18.2 Å². The molecule has 0 saturated heterocycles. The van der Waals surface area contributed by atoms with E-state index in [-0.39, 0.29) is 23.6 Å². The second kappa shape index (κ2) is 8.50. The summed E-state index contributed by atoms with van der Waals surface area (Å²) >= 11 is 0. The molecule has 0 fully saturated rings. The Bertz CT molecular complexity index is 822. The summed E-state index contributed by atoms with van der Waals surface area (Å²) in [6.07, 6.45) is 0. The van der Waals surface area contributed by atoms with Crippen molar-refractivity contribution in [3.05, 3.63) is 54.1 Å². The number of hydrogen-bond acceptors (Lipinski definition) is 5. The van der Waals surface area contributed by atoms with Gasteiger partial charge in [0.05, 0.1) is 17.6 Å². The molecule has 0 aliphatic heterocycles. The summed E-state index contributed by atoms with van der Waals surface area (Å²) in [7, 11) is -0.897. The molecule has 0 saturated carbocycles. The lowest BCUT2D eigenvalue weighted by Gasteiger charge is -2.11. The minimum absolute atomic E-state index is 0.0217. The molecule has 7 nitrogen and oxygen atoms in total. The smallest absolute Gasteiger partial charge is 0.254 e. The van der Waals surface area contributed by atoms with Crippen LogP contribution in [0.3, 0.4) is 0 Å². The topological polar surface area (TPSA) is 93.7 Å². The third kappa shape index (κ3) is 4.94. The molecule has 2 rings (SSSR count). The van der Waals surface area contributed by atoms with E-state index in [4.69, 9.17) is 9.47 Å². The lowest BCUT2D eigenvalue weighted by molar-refractivity contribution is 0.0960. The molecular weight excluding hydrogens is 344 g/mol. The highest BCUT2D eigenvalue weighted by molar-refractivity contribution is 7.89. The summed E-state index contributed by atoms with van der Waals surface area (Å²) < 4.78 is 37.7. The van der Waals surface area contributed by atoms with Crippen molar-refractivity contribution in [2.24, 2.45) is 0 Å². The Hall–Kier alpha value is -2.58. The molecule has 1 amide bonds. The van der Waals surface area contributed by atoms with Crippen LogP contribution in [0, 0.1) is 0 Å². The Kier molecular flexibility index (Phi) is 6.37. The third-order valence-corrected chi connectivity index (χ3v) is 4.82. The molecule has 0 aliphatic rings. The summed E-state index contributed by atoms with van der Waals surface area (Å²) in [5, 5.41) is 2.45. The fourth-order valence-electron chi connectivity index (χ4n) is 2.11. The van der Waals surface area contributed by atoms with Gasteiger partial charge in [-0.05, 0) is 30.3 Å². The van der Waals surface area contributed by atoms with E-state index >= 15 is 0 Å². The average Bonchev–Trinajstić information content (AvgIpc) is 2.65. The van der Waals surface area contributed by atoms with Crippen molar-refractivity contribution in [1.29, 1.82) is 0 Å². The highest BCUT2D eigenvalue weighted by Crippen LogP contribution is 2.22. The Balaban J connectivity index is 2.04. The first-order chi connectivity index (χ1) is 12.0. The second-order valence-electron chi connectivity index (χ2n) is 5.00. The van der Waals surface area contributed by atoms with Crippen LogP contribution < -0.4 is 19.5 Å². The molecule has 134 valence electrons. The zero-order valence-corrected chi connectivity index (χ0v) is 14.8. The van der Waals surface area contributed by atoms with Crippen LogP contribution in [0.15, 0.2) is 53.4 Å². The first-order valence-corrected chi connectivity index (χ1v) is 9.04. The van der Waals surface area contributed by atoms with Crippen molar-refractivity contribution in [3.63, 3.8) is 0 Å². The Morgan fingerprint density at radius 2 is 1.84 bits per heavy atom. The molecular formula is C17H20N2O5S. The van der Waals surface area contributed by atoms with Crippen LogP contribution in [0.25, 0.3) is 0 Å². The maximum absolute atomic E-state index is 12.4. The van der Waals surface area contributed by atoms with Crippen molar-refractivity contribution in [2.45, 2.75) is 4.90 Å². The lowest BCUT2D eigenvalue weighted by atomic mass is 10.2. The van der Waals surface area contributed by atoms with E-state index in [1.54, 1.807) is 12.1 Å². The number of hydrogen-bond donors (Lipinski definition) is 2. The van der Waals surface area contributed by atoms with Crippen molar-refractivity contribution in [3.8, 4) is 11.5 Å². The Labute approximate surface area is 147 Å².